The summed E-state index contributed by atoms with van der Waals surface area (Å²) in [6.45, 7) is 5.38. The highest BCUT2D eigenvalue weighted by Crippen LogP contribution is 2.21. The highest BCUT2D eigenvalue weighted by atomic mass is 32.2. The van der Waals surface area contributed by atoms with Gasteiger partial charge in [-0.25, -0.2) is 0 Å². The molecule has 0 unspecified atom stereocenters. The molecule has 1 saturated heterocycles. The molecule has 1 aromatic heterocycles. The van der Waals surface area contributed by atoms with Gasteiger partial charge in [0, 0.05) is 53.6 Å². The van der Waals surface area contributed by atoms with E-state index >= 15 is 0 Å². The minimum absolute atomic E-state index is 0.00869. The molecule has 1 aromatic carbocycles. The first-order valence-corrected chi connectivity index (χ1v) is 11.3. The van der Waals surface area contributed by atoms with Crippen LogP contribution in [0.1, 0.15) is 43.3 Å². The van der Waals surface area contributed by atoms with Crippen molar-refractivity contribution in [1.82, 2.24) is 4.90 Å². The van der Waals surface area contributed by atoms with Gasteiger partial charge in [-0.15, -0.1) is 11.3 Å². The fraction of sp³-hybridized carbons (Fsp3) is 0.381. The van der Waals surface area contributed by atoms with Crippen LogP contribution >= 0.6 is 23.1 Å². The van der Waals surface area contributed by atoms with E-state index in [4.69, 9.17) is 0 Å². The molecule has 2 amide bonds. The van der Waals surface area contributed by atoms with Gasteiger partial charge in [-0.05, 0) is 49.7 Å². The van der Waals surface area contributed by atoms with Gasteiger partial charge < -0.3 is 10.2 Å². The number of nitrogens with one attached hydrogen (secondary N) is 1. The second-order valence-corrected chi connectivity index (χ2v) is 9.33. The van der Waals surface area contributed by atoms with Crippen LogP contribution in [-0.2, 0) is 4.79 Å². The SMILES string of the molecule is Cc1ccc(C(=O)CCC(=O)Nc2ccc(C(=O)N3CCSCC3)cc2C)s1. The molecule has 0 saturated carbocycles. The second kappa shape index (κ2) is 9.39. The molecule has 5 nitrogen and oxygen atoms in total. The van der Waals surface area contributed by atoms with Gasteiger partial charge in [0.05, 0.1) is 4.88 Å². The number of carbonyl (C=O) groups is 3. The van der Waals surface area contributed by atoms with Crippen molar-refractivity contribution in [2.75, 3.05) is 29.9 Å². The van der Waals surface area contributed by atoms with Crippen LogP contribution in [0.4, 0.5) is 5.69 Å². The number of benzene rings is 1. The third kappa shape index (κ3) is 5.23. The Morgan fingerprint density at radius 2 is 1.79 bits per heavy atom. The van der Waals surface area contributed by atoms with Crippen molar-refractivity contribution in [1.29, 1.82) is 0 Å². The molecule has 7 heteroatoms. The molecule has 0 aliphatic carbocycles. The first-order valence-electron chi connectivity index (χ1n) is 9.31. The van der Waals surface area contributed by atoms with Gasteiger partial charge in [0.2, 0.25) is 5.91 Å². The normalized spacial score (nSPS) is 14.0. The summed E-state index contributed by atoms with van der Waals surface area (Å²) >= 11 is 3.32. The number of hydrogen-bond donors (Lipinski definition) is 1. The molecule has 1 aliphatic rings. The van der Waals surface area contributed by atoms with Gasteiger partial charge in [0.1, 0.15) is 0 Å². The Balaban J connectivity index is 1.55. The van der Waals surface area contributed by atoms with Gasteiger partial charge in [-0.2, -0.15) is 11.8 Å². The Hall–Kier alpha value is -2.12. The zero-order valence-electron chi connectivity index (χ0n) is 16.1. The van der Waals surface area contributed by atoms with Gasteiger partial charge in [0.15, 0.2) is 5.78 Å². The molecule has 0 atom stereocenters. The predicted molar refractivity (Wildman–Crippen MR) is 116 cm³/mol. The lowest BCUT2D eigenvalue weighted by Gasteiger charge is -2.26. The summed E-state index contributed by atoms with van der Waals surface area (Å²) in [4.78, 5) is 40.6. The maximum atomic E-state index is 12.6. The Labute approximate surface area is 173 Å². The standard InChI is InChI=1S/C21H24N2O3S2/c1-14-13-16(21(26)23-9-11-27-12-10-23)4-5-17(14)22-20(25)8-6-18(24)19-7-3-15(2)28-19/h3-5,7,13H,6,8-12H2,1-2H3,(H,22,25). The van der Waals surface area contributed by atoms with Crippen molar-refractivity contribution < 1.29 is 14.4 Å². The number of nitrogens with zero attached hydrogens (tertiary/aromatic N) is 1. The number of aryl methyl sites for hydroxylation is 2. The van der Waals surface area contributed by atoms with E-state index in [1.807, 2.05) is 42.6 Å². The van der Waals surface area contributed by atoms with Crippen molar-refractivity contribution in [3.05, 3.63) is 51.2 Å². The Morgan fingerprint density at radius 3 is 2.43 bits per heavy atom. The monoisotopic (exact) mass is 416 g/mol. The van der Waals surface area contributed by atoms with Gasteiger partial charge >= 0.3 is 0 Å². The smallest absolute Gasteiger partial charge is 0.253 e. The van der Waals surface area contributed by atoms with Crippen LogP contribution in [0, 0.1) is 13.8 Å². The summed E-state index contributed by atoms with van der Waals surface area (Å²) in [5.41, 5.74) is 2.16. The van der Waals surface area contributed by atoms with Crippen molar-refractivity contribution in [3.8, 4) is 0 Å². The molecule has 3 rings (SSSR count). The zero-order chi connectivity index (χ0) is 20.1. The lowest BCUT2D eigenvalue weighted by atomic mass is 10.1. The summed E-state index contributed by atoms with van der Waals surface area (Å²) in [6, 6.07) is 9.06. The fourth-order valence-corrected chi connectivity index (χ4v) is 4.77. The Morgan fingerprint density at radius 1 is 1.04 bits per heavy atom. The van der Waals surface area contributed by atoms with E-state index in [0.29, 0.717) is 16.1 Å². The van der Waals surface area contributed by atoms with Crippen LogP contribution in [0.3, 0.4) is 0 Å². The van der Waals surface area contributed by atoms with E-state index in [-0.39, 0.29) is 30.4 Å². The van der Waals surface area contributed by atoms with E-state index < -0.39 is 0 Å². The number of thiophene rings is 1. The number of rotatable bonds is 6. The highest BCUT2D eigenvalue weighted by Gasteiger charge is 2.19. The minimum Gasteiger partial charge on any atom is -0.337 e. The predicted octanol–water partition coefficient (Wildman–Crippen LogP) is 4.16. The first kappa shape index (κ1) is 20.6. The molecule has 2 aromatic rings. The summed E-state index contributed by atoms with van der Waals surface area (Å²) < 4.78 is 0. The molecule has 1 N–H and O–H groups in total. The molecule has 148 valence electrons. The molecular weight excluding hydrogens is 392 g/mol. The minimum atomic E-state index is -0.197. The van der Waals surface area contributed by atoms with Crippen LogP contribution < -0.4 is 5.32 Å². The van der Waals surface area contributed by atoms with E-state index in [9.17, 15) is 14.4 Å². The van der Waals surface area contributed by atoms with E-state index in [1.54, 1.807) is 18.2 Å². The third-order valence-corrected chi connectivity index (χ3v) is 6.62. The summed E-state index contributed by atoms with van der Waals surface area (Å²) in [5.74, 6) is 1.78. The van der Waals surface area contributed by atoms with Crippen LogP contribution in [0.25, 0.3) is 0 Å². The fourth-order valence-electron chi connectivity index (χ4n) is 3.03. The van der Waals surface area contributed by atoms with Crippen molar-refractivity contribution in [2.24, 2.45) is 0 Å². The van der Waals surface area contributed by atoms with Crippen molar-refractivity contribution >= 4 is 46.4 Å². The highest BCUT2D eigenvalue weighted by molar-refractivity contribution is 7.99. The van der Waals surface area contributed by atoms with Crippen molar-refractivity contribution in [2.45, 2.75) is 26.7 Å². The molecule has 2 heterocycles. The quantitative estimate of drug-likeness (QED) is 0.718. The molecule has 0 bridgehead atoms. The summed E-state index contributed by atoms with van der Waals surface area (Å²) in [7, 11) is 0. The van der Waals surface area contributed by atoms with Crippen LogP contribution in [0.15, 0.2) is 30.3 Å². The Bertz CT molecular complexity index is 886. The lowest BCUT2D eigenvalue weighted by molar-refractivity contribution is -0.116. The van der Waals surface area contributed by atoms with Gasteiger partial charge in [-0.3, -0.25) is 14.4 Å². The van der Waals surface area contributed by atoms with Crippen LogP contribution in [0.5, 0.6) is 0 Å². The molecule has 0 radical (unpaired) electrons. The van der Waals surface area contributed by atoms with E-state index in [1.165, 1.54) is 11.3 Å². The van der Waals surface area contributed by atoms with Crippen LogP contribution in [-0.4, -0.2) is 47.1 Å². The number of carbonyl (C=O) groups excluding carboxylic acids is 3. The largest absolute Gasteiger partial charge is 0.337 e. The maximum absolute atomic E-state index is 12.6. The Kier molecular flexibility index (Phi) is 6.91. The summed E-state index contributed by atoms with van der Waals surface area (Å²) in [5, 5.41) is 2.85. The van der Waals surface area contributed by atoms with Gasteiger partial charge in [-0.1, -0.05) is 0 Å². The second-order valence-electron chi connectivity index (χ2n) is 6.82. The lowest BCUT2D eigenvalue weighted by Crippen LogP contribution is -2.37. The molecule has 28 heavy (non-hydrogen) atoms. The summed E-state index contributed by atoms with van der Waals surface area (Å²) in [6.07, 6.45) is 0.329. The first-order chi connectivity index (χ1) is 13.4. The number of thioether (sulfide) groups is 1. The number of amides is 2. The number of Topliss-reactive ketones (excluding diaryl/α,β-unsaturated/α-hetero) is 1. The molecular formula is C21H24N2O3S2. The number of anilines is 1. The molecule has 1 aliphatic heterocycles. The van der Waals surface area contributed by atoms with E-state index in [0.717, 1.165) is 35.0 Å². The maximum Gasteiger partial charge on any atom is 0.253 e. The van der Waals surface area contributed by atoms with E-state index in [2.05, 4.69) is 5.32 Å². The molecule has 0 spiro atoms. The number of hydrogen-bond acceptors (Lipinski definition) is 5. The third-order valence-electron chi connectivity index (χ3n) is 4.64. The average Bonchev–Trinajstić information content (AvgIpc) is 3.14. The van der Waals surface area contributed by atoms with Crippen molar-refractivity contribution in [3.63, 3.8) is 0 Å². The zero-order valence-corrected chi connectivity index (χ0v) is 17.8. The van der Waals surface area contributed by atoms with Gasteiger partial charge in [0.25, 0.3) is 5.91 Å². The van der Waals surface area contributed by atoms with Crippen LogP contribution in [0.2, 0.25) is 0 Å². The topological polar surface area (TPSA) is 66.5 Å². The average molecular weight is 417 g/mol. The molecule has 1 fully saturated rings. The number of ketones is 1.